The Kier molecular flexibility index (Phi) is 4.27. The van der Waals surface area contributed by atoms with Gasteiger partial charge in [-0.3, -0.25) is 0 Å². The molecule has 0 aromatic carbocycles. The topological polar surface area (TPSA) is 12.9 Å². The molecule has 68 valence electrons. The highest BCUT2D eigenvalue weighted by Crippen LogP contribution is 2.10. The highest BCUT2D eigenvalue weighted by atomic mass is 79.9. The number of halogens is 2. The third-order valence-electron chi connectivity index (χ3n) is 1.52. The molecule has 1 heterocycles. The quantitative estimate of drug-likeness (QED) is 0.428. The Morgan fingerprint density at radius 2 is 2.38 bits per heavy atom. The number of rotatable bonds is 1. The van der Waals surface area contributed by atoms with E-state index in [0.717, 1.165) is 22.9 Å². The van der Waals surface area contributed by atoms with Gasteiger partial charge >= 0.3 is 0 Å². The van der Waals surface area contributed by atoms with Crippen molar-refractivity contribution in [2.45, 2.75) is 13.3 Å². The van der Waals surface area contributed by atoms with Crippen LogP contribution in [0.5, 0.6) is 0 Å². The zero-order valence-corrected chi connectivity index (χ0v) is 9.61. The van der Waals surface area contributed by atoms with Gasteiger partial charge in [-0.1, -0.05) is 39.4 Å². The fourth-order valence-corrected chi connectivity index (χ4v) is 1.27. The van der Waals surface area contributed by atoms with E-state index in [0.29, 0.717) is 5.15 Å². The van der Waals surface area contributed by atoms with E-state index in [1.165, 1.54) is 0 Å². The molecule has 0 unspecified atom stereocenters. The van der Waals surface area contributed by atoms with E-state index in [4.69, 9.17) is 11.6 Å². The van der Waals surface area contributed by atoms with Gasteiger partial charge in [0.15, 0.2) is 0 Å². The minimum Gasteiger partial charge on any atom is -0.243 e. The van der Waals surface area contributed by atoms with Crippen molar-refractivity contribution >= 4 is 27.5 Å². The van der Waals surface area contributed by atoms with Crippen LogP contribution in [0.25, 0.3) is 0 Å². The predicted molar refractivity (Wildman–Crippen MR) is 59.3 cm³/mol. The molecule has 0 aliphatic carbocycles. The maximum Gasteiger partial charge on any atom is 0.129 e. The minimum absolute atomic E-state index is 0.517. The maximum atomic E-state index is 5.71. The molecule has 0 aliphatic rings. The van der Waals surface area contributed by atoms with Gasteiger partial charge in [0.1, 0.15) is 5.15 Å². The number of alkyl halides is 1. The SMILES string of the molecule is Cc1cc(Cl)ncc1C#CCCBr. The Morgan fingerprint density at radius 3 is 3.00 bits per heavy atom. The average molecular weight is 259 g/mol. The van der Waals surface area contributed by atoms with Crippen LogP contribution in [-0.4, -0.2) is 10.3 Å². The zero-order valence-electron chi connectivity index (χ0n) is 7.27. The van der Waals surface area contributed by atoms with Crippen molar-refractivity contribution in [3.05, 3.63) is 28.5 Å². The molecular weight excluding hydrogens is 249 g/mol. The second-order valence-electron chi connectivity index (χ2n) is 2.56. The first-order chi connectivity index (χ1) is 6.24. The highest BCUT2D eigenvalue weighted by molar-refractivity contribution is 9.09. The lowest BCUT2D eigenvalue weighted by Crippen LogP contribution is -1.85. The molecule has 0 fully saturated rings. The molecule has 1 nitrogen and oxygen atoms in total. The summed E-state index contributed by atoms with van der Waals surface area (Å²) in [4.78, 5) is 3.97. The number of aromatic nitrogens is 1. The second-order valence-corrected chi connectivity index (χ2v) is 3.74. The molecule has 0 saturated heterocycles. The van der Waals surface area contributed by atoms with Gasteiger partial charge in [0, 0.05) is 23.5 Å². The van der Waals surface area contributed by atoms with Crippen LogP contribution in [0.2, 0.25) is 5.15 Å². The first-order valence-corrected chi connectivity index (χ1v) is 5.41. The largest absolute Gasteiger partial charge is 0.243 e. The zero-order chi connectivity index (χ0) is 9.68. The molecule has 1 rings (SSSR count). The van der Waals surface area contributed by atoms with Gasteiger partial charge in [-0.2, -0.15) is 0 Å². The molecule has 0 saturated carbocycles. The third-order valence-corrected chi connectivity index (χ3v) is 2.12. The van der Waals surface area contributed by atoms with E-state index in [1.54, 1.807) is 6.20 Å². The average Bonchev–Trinajstić information content (AvgIpc) is 2.09. The van der Waals surface area contributed by atoms with E-state index in [9.17, 15) is 0 Å². The highest BCUT2D eigenvalue weighted by Gasteiger charge is 1.95. The Bertz CT molecular complexity index is 352. The fourth-order valence-electron chi connectivity index (χ4n) is 0.858. The molecule has 3 heteroatoms. The molecule has 1 aromatic heterocycles. The number of pyridine rings is 1. The summed E-state index contributed by atoms with van der Waals surface area (Å²) in [5.74, 6) is 6.07. The smallest absolute Gasteiger partial charge is 0.129 e. The van der Waals surface area contributed by atoms with Crippen molar-refractivity contribution in [3.63, 3.8) is 0 Å². The molecule has 1 aromatic rings. The summed E-state index contributed by atoms with van der Waals surface area (Å²) >= 11 is 9.03. The van der Waals surface area contributed by atoms with Gasteiger partial charge in [0.25, 0.3) is 0 Å². The Morgan fingerprint density at radius 1 is 1.62 bits per heavy atom. The predicted octanol–water partition coefficient (Wildman–Crippen LogP) is 3.18. The lowest BCUT2D eigenvalue weighted by atomic mass is 10.2. The van der Waals surface area contributed by atoms with Gasteiger partial charge < -0.3 is 0 Å². The summed E-state index contributed by atoms with van der Waals surface area (Å²) in [6, 6.07) is 1.82. The van der Waals surface area contributed by atoms with Crippen molar-refractivity contribution in [3.8, 4) is 11.8 Å². The molecule has 0 radical (unpaired) electrons. The van der Waals surface area contributed by atoms with Crippen molar-refractivity contribution in [1.29, 1.82) is 0 Å². The number of hydrogen-bond acceptors (Lipinski definition) is 1. The molecule has 13 heavy (non-hydrogen) atoms. The molecular formula is C10H9BrClN. The van der Waals surface area contributed by atoms with Crippen molar-refractivity contribution in [1.82, 2.24) is 4.98 Å². The number of nitrogens with zero attached hydrogens (tertiary/aromatic N) is 1. The van der Waals surface area contributed by atoms with Crippen LogP contribution in [0, 0.1) is 18.8 Å². The van der Waals surface area contributed by atoms with Crippen LogP contribution < -0.4 is 0 Å². The van der Waals surface area contributed by atoms with Gasteiger partial charge in [0.05, 0.1) is 0 Å². The lowest BCUT2D eigenvalue weighted by Gasteiger charge is -1.96. The van der Waals surface area contributed by atoms with Crippen LogP contribution in [0.1, 0.15) is 17.5 Å². The number of aryl methyl sites for hydroxylation is 1. The Balaban J connectivity index is 2.85. The van der Waals surface area contributed by atoms with Crippen molar-refractivity contribution in [2.75, 3.05) is 5.33 Å². The summed E-state index contributed by atoms with van der Waals surface area (Å²) in [5, 5.41) is 1.42. The maximum absolute atomic E-state index is 5.71. The minimum atomic E-state index is 0.517. The van der Waals surface area contributed by atoms with E-state index >= 15 is 0 Å². The Hall–Kier alpha value is -0.520. The summed E-state index contributed by atoms with van der Waals surface area (Å²) in [5.41, 5.74) is 2.02. The standard InChI is InChI=1S/C10H9BrClN/c1-8-6-10(12)13-7-9(8)4-2-3-5-11/h6-7H,3,5H2,1H3. The van der Waals surface area contributed by atoms with Gasteiger partial charge in [-0.25, -0.2) is 4.98 Å². The van der Waals surface area contributed by atoms with E-state index in [-0.39, 0.29) is 0 Å². The van der Waals surface area contributed by atoms with Crippen LogP contribution in [0.3, 0.4) is 0 Å². The summed E-state index contributed by atoms with van der Waals surface area (Å²) in [7, 11) is 0. The van der Waals surface area contributed by atoms with Crippen LogP contribution in [0.4, 0.5) is 0 Å². The molecule has 0 bridgehead atoms. The molecule has 0 aliphatic heterocycles. The third kappa shape index (κ3) is 3.38. The van der Waals surface area contributed by atoms with Gasteiger partial charge in [0.2, 0.25) is 0 Å². The molecule has 0 N–H and O–H groups in total. The van der Waals surface area contributed by atoms with Crippen molar-refractivity contribution < 1.29 is 0 Å². The molecule has 0 spiro atoms. The van der Waals surface area contributed by atoms with E-state index in [1.807, 2.05) is 13.0 Å². The summed E-state index contributed by atoms with van der Waals surface area (Å²) < 4.78 is 0. The van der Waals surface area contributed by atoms with Crippen LogP contribution in [0.15, 0.2) is 12.3 Å². The molecule has 0 atom stereocenters. The monoisotopic (exact) mass is 257 g/mol. The molecule has 0 amide bonds. The van der Waals surface area contributed by atoms with Crippen LogP contribution >= 0.6 is 27.5 Å². The first kappa shape index (κ1) is 10.6. The van der Waals surface area contributed by atoms with E-state index < -0.39 is 0 Å². The summed E-state index contributed by atoms with van der Waals surface area (Å²) in [6.07, 6.45) is 2.56. The van der Waals surface area contributed by atoms with Crippen molar-refractivity contribution in [2.24, 2.45) is 0 Å². The number of hydrogen-bond donors (Lipinski definition) is 0. The van der Waals surface area contributed by atoms with Gasteiger partial charge in [-0.05, 0) is 18.6 Å². The van der Waals surface area contributed by atoms with Gasteiger partial charge in [-0.15, -0.1) is 0 Å². The normalized spacial score (nSPS) is 9.15. The van der Waals surface area contributed by atoms with E-state index in [2.05, 4.69) is 32.8 Å². The Labute approximate surface area is 91.6 Å². The first-order valence-electron chi connectivity index (χ1n) is 3.91. The fraction of sp³-hybridized carbons (Fsp3) is 0.300. The second kappa shape index (κ2) is 5.26. The summed E-state index contributed by atoms with van der Waals surface area (Å²) in [6.45, 7) is 1.98. The lowest BCUT2D eigenvalue weighted by molar-refractivity contribution is 1.26. The van der Waals surface area contributed by atoms with Crippen LogP contribution in [-0.2, 0) is 0 Å².